The summed E-state index contributed by atoms with van der Waals surface area (Å²) in [4.78, 5) is 31.2. The van der Waals surface area contributed by atoms with Crippen molar-refractivity contribution >= 4 is 29.0 Å². The van der Waals surface area contributed by atoms with E-state index in [0.717, 1.165) is 99.8 Å². The predicted molar refractivity (Wildman–Crippen MR) is 155 cm³/mol. The highest BCUT2D eigenvalue weighted by Crippen LogP contribution is 2.33. The van der Waals surface area contributed by atoms with Gasteiger partial charge in [-0.25, -0.2) is 0 Å². The minimum absolute atomic E-state index is 0.0282. The quantitative estimate of drug-likeness (QED) is 0.375. The average molecular weight is 558 g/mol. The van der Waals surface area contributed by atoms with Crippen LogP contribution < -0.4 is 10.5 Å². The summed E-state index contributed by atoms with van der Waals surface area (Å²) in [6.07, 6.45) is 11.3. The first-order valence-electron chi connectivity index (χ1n) is 14.7. The van der Waals surface area contributed by atoms with E-state index in [4.69, 9.17) is 32.2 Å². The lowest BCUT2D eigenvalue weighted by Gasteiger charge is -2.31. The number of nitrogens with two attached hydrogens (primary N) is 1. The molecule has 2 saturated carbocycles. The van der Waals surface area contributed by atoms with Gasteiger partial charge in [0.1, 0.15) is 12.4 Å². The number of aliphatic imine (C=N–C) groups is 1. The molecule has 0 radical (unpaired) electrons. The zero-order valence-corrected chi connectivity index (χ0v) is 24.1. The van der Waals surface area contributed by atoms with E-state index in [-0.39, 0.29) is 17.8 Å². The SMILES string of the molecule is Cc1ccc(Cl)c(OC2CCC(CCN=C3CCCC3=C(N)C(=O)CCC3CCN(C(=O)CO)CC3)CC2)c1. The number of carbonyl (C=O) groups is 2. The van der Waals surface area contributed by atoms with E-state index in [2.05, 4.69) is 0 Å². The van der Waals surface area contributed by atoms with Gasteiger partial charge in [0.2, 0.25) is 5.91 Å². The van der Waals surface area contributed by atoms with Gasteiger partial charge < -0.3 is 20.5 Å². The number of aliphatic hydroxyl groups is 1. The van der Waals surface area contributed by atoms with Crippen LogP contribution in [0.3, 0.4) is 0 Å². The standard InChI is InChI=1S/C31H44ClN3O4/c1-21-5-11-26(32)29(19-21)39-24-9-6-22(7-10-24)13-16-34-27-4-2-3-25(27)31(33)28(37)12-8-23-14-17-35(18-15-23)30(38)20-36/h5,11,19,22-24,36H,2-4,6-10,12-18,20,33H2,1H3. The molecule has 2 aliphatic carbocycles. The molecule has 3 fully saturated rings. The number of amides is 1. The van der Waals surface area contributed by atoms with Crippen molar-refractivity contribution in [2.24, 2.45) is 22.6 Å². The smallest absolute Gasteiger partial charge is 0.248 e. The molecule has 7 nitrogen and oxygen atoms in total. The first-order valence-corrected chi connectivity index (χ1v) is 15.1. The van der Waals surface area contributed by atoms with Crippen molar-refractivity contribution in [1.29, 1.82) is 0 Å². The summed E-state index contributed by atoms with van der Waals surface area (Å²) >= 11 is 6.31. The van der Waals surface area contributed by atoms with Crippen LogP contribution in [0.15, 0.2) is 34.5 Å². The first-order chi connectivity index (χ1) is 18.8. The van der Waals surface area contributed by atoms with Crippen LogP contribution >= 0.6 is 11.6 Å². The third-order valence-electron chi connectivity index (χ3n) is 8.71. The van der Waals surface area contributed by atoms with Crippen LogP contribution in [0.4, 0.5) is 0 Å². The van der Waals surface area contributed by atoms with Crippen molar-refractivity contribution in [3.63, 3.8) is 0 Å². The Morgan fingerprint density at radius 1 is 1.08 bits per heavy atom. The lowest BCUT2D eigenvalue weighted by Crippen LogP contribution is -2.40. The number of benzene rings is 1. The molecule has 214 valence electrons. The molecule has 0 unspecified atom stereocenters. The summed E-state index contributed by atoms with van der Waals surface area (Å²) < 4.78 is 6.20. The third kappa shape index (κ3) is 8.31. The number of halogens is 1. The molecule has 0 aromatic heterocycles. The molecule has 39 heavy (non-hydrogen) atoms. The Kier molecular flexibility index (Phi) is 10.9. The van der Waals surface area contributed by atoms with Gasteiger partial charge in [0.15, 0.2) is 5.78 Å². The highest BCUT2D eigenvalue weighted by molar-refractivity contribution is 6.32. The highest BCUT2D eigenvalue weighted by Gasteiger charge is 2.26. The van der Waals surface area contributed by atoms with Gasteiger partial charge in [0, 0.05) is 31.8 Å². The van der Waals surface area contributed by atoms with Crippen molar-refractivity contribution < 1.29 is 19.4 Å². The summed E-state index contributed by atoms with van der Waals surface area (Å²) in [5, 5.41) is 9.71. The molecule has 1 saturated heterocycles. The molecule has 0 bridgehead atoms. The zero-order chi connectivity index (χ0) is 27.8. The van der Waals surface area contributed by atoms with Gasteiger partial charge in [-0.05, 0) is 113 Å². The summed E-state index contributed by atoms with van der Waals surface area (Å²) in [7, 11) is 0. The minimum atomic E-state index is -0.433. The Hall–Kier alpha value is -2.38. The van der Waals surface area contributed by atoms with E-state index < -0.39 is 6.61 Å². The van der Waals surface area contributed by atoms with Gasteiger partial charge >= 0.3 is 0 Å². The number of hydrogen-bond donors (Lipinski definition) is 2. The third-order valence-corrected chi connectivity index (χ3v) is 9.02. The Balaban J connectivity index is 1.20. The number of aliphatic hydroxyl groups excluding tert-OH is 1. The van der Waals surface area contributed by atoms with E-state index >= 15 is 0 Å². The fourth-order valence-corrected chi connectivity index (χ4v) is 6.36. The molecule has 4 rings (SSSR count). The monoisotopic (exact) mass is 557 g/mol. The number of aryl methyl sites for hydroxylation is 1. The van der Waals surface area contributed by atoms with Crippen molar-refractivity contribution in [3.8, 4) is 5.75 Å². The molecular weight excluding hydrogens is 514 g/mol. The number of Topliss-reactive ketones (excluding diaryl/α,β-unsaturated/α-hetero) is 1. The van der Waals surface area contributed by atoms with Crippen LogP contribution in [0, 0.1) is 18.8 Å². The van der Waals surface area contributed by atoms with E-state index in [1.54, 1.807) is 4.90 Å². The maximum absolute atomic E-state index is 12.9. The van der Waals surface area contributed by atoms with Gasteiger partial charge in [-0.3, -0.25) is 14.6 Å². The van der Waals surface area contributed by atoms with Crippen molar-refractivity contribution in [2.75, 3.05) is 26.2 Å². The number of ketones is 1. The van der Waals surface area contributed by atoms with E-state index in [1.165, 1.54) is 0 Å². The van der Waals surface area contributed by atoms with Crippen molar-refractivity contribution in [1.82, 2.24) is 4.90 Å². The second-order valence-electron chi connectivity index (χ2n) is 11.5. The Morgan fingerprint density at radius 3 is 2.51 bits per heavy atom. The Bertz CT molecular complexity index is 1070. The number of piperidine rings is 1. The summed E-state index contributed by atoms with van der Waals surface area (Å²) in [5.74, 6) is 1.67. The van der Waals surface area contributed by atoms with Gasteiger partial charge in [0.25, 0.3) is 0 Å². The molecule has 1 aromatic carbocycles. The molecule has 0 spiro atoms. The van der Waals surface area contributed by atoms with Crippen molar-refractivity contribution in [3.05, 3.63) is 40.1 Å². The molecular formula is C31H44ClN3O4. The Morgan fingerprint density at radius 2 is 1.79 bits per heavy atom. The first kappa shape index (κ1) is 29.6. The second kappa shape index (κ2) is 14.3. The Labute approximate surface area is 237 Å². The van der Waals surface area contributed by atoms with E-state index in [9.17, 15) is 9.59 Å². The topological polar surface area (TPSA) is 105 Å². The number of likely N-dealkylation sites (tertiary alicyclic amines) is 1. The fraction of sp³-hybridized carbons (Fsp3) is 0.645. The van der Waals surface area contributed by atoms with Crippen LogP contribution in [-0.4, -0.2) is 59.8 Å². The molecule has 1 heterocycles. The molecule has 8 heteroatoms. The predicted octanol–water partition coefficient (Wildman–Crippen LogP) is 5.39. The summed E-state index contributed by atoms with van der Waals surface area (Å²) in [5.41, 5.74) is 9.93. The maximum atomic E-state index is 12.9. The second-order valence-corrected chi connectivity index (χ2v) is 11.9. The van der Waals surface area contributed by atoms with Crippen LogP contribution in [0.5, 0.6) is 5.75 Å². The van der Waals surface area contributed by atoms with Gasteiger partial charge in [0.05, 0.1) is 16.8 Å². The van der Waals surface area contributed by atoms with Crippen LogP contribution in [0.25, 0.3) is 0 Å². The summed E-state index contributed by atoms with van der Waals surface area (Å²) in [6.45, 7) is 3.71. The maximum Gasteiger partial charge on any atom is 0.248 e. The van der Waals surface area contributed by atoms with Gasteiger partial charge in [-0.2, -0.15) is 0 Å². The van der Waals surface area contributed by atoms with Crippen LogP contribution in [0.2, 0.25) is 5.02 Å². The average Bonchev–Trinajstić information content (AvgIpc) is 3.42. The fourth-order valence-electron chi connectivity index (χ4n) is 6.20. The van der Waals surface area contributed by atoms with E-state index in [0.29, 0.717) is 42.1 Å². The van der Waals surface area contributed by atoms with Crippen LogP contribution in [-0.2, 0) is 9.59 Å². The number of carbonyl (C=O) groups excluding carboxylic acids is 2. The summed E-state index contributed by atoms with van der Waals surface area (Å²) in [6, 6.07) is 5.91. The molecule has 0 atom stereocenters. The number of ether oxygens (including phenoxy) is 1. The van der Waals surface area contributed by atoms with E-state index in [1.807, 2.05) is 25.1 Å². The lowest BCUT2D eigenvalue weighted by atomic mass is 9.85. The highest BCUT2D eigenvalue weighted by atomic mass is 35.5. The van der Waals surface area contributed by atoms with Gasteiger partial charge in [-0.15, -0.1) is 0 Å². The van der Waals surface area contributed by atoms with Gasteiger partial charge in [-0.1, -0.05) is 17.7 Å². The number of rotatable bonds is 10. The minimum Gasteiger partial charge on any atom is -0.489 e. The number of hydrogen-bond acceptors (Lipinski definition) is 6. The molecule has 1 aliphatic heterocycles. The molecule has 3 N–H and O–H groups in total. The molecule has 1 aromatic rings. The largest absolute Gasteiger partial charge is 0.489 e. The molecule has 1 amide bonds. The number of allylic oxidation sites excluding steroid dienone is 2. The zero-order valence-electron chi connectivity index (χ0n) is 23.3. The van der Waals surface area contributed by atoms with Crippen molar-refractivity contribution in [2.45, 2.75) is 90.1 Å². The van der Waals surface area contributed by atoms with Crippen LogP contribution in [0.1, 0.15) is 82.6 Å². The lowest BCUT2D eigenvalue weighted by molar-refractivity contribution is -0.135. The normalized spacial score (nSPS) is 24.7. The molecule has 3 aliphatic rings. The number of nitrogens with zero attached hydrogens (tertiary/aromatic N) is 2.